The quantitative estimate of drug-likeness (QED) is 0.450. The molecule has 1 rings (SSSR count). The Balaban J connectivity index is 2.93. The minimum atomic E-state index is -4.49. The van der Waals surface area contributed by atoms with Crippen LogP contribution in [0.15, 0.2) is 35.6 Å². The lowest BCUT2D eigenvalue weighted by Crippen LogP contribution is -2.22. The first-order valence-electron chi connectivity index (χ1n) is 6.47. The van der Waals surface area contributed by atoms with E-state index in [9.17, 15) is 28.2 Å². The standard InChI is InChI=1S/C15H15F3N2O3/c1-14(2,23)7-12(21)11(8-19)13(22)20-10-5-3-9(4-6-10)15(16,17)18/h3-6,21,23H,7H2,1-2H3,(H,20,22)/b12-11-. The number of aliphatic hydroxyl groups excluding tert-OH is 1. The minimum absolute atomic E-state index is 0.0341. The van der Waals surface area contributed by atoms with E-state index in [0.29, 0.717) is 0 Å². The van der Waals surface area contributed by atoms with Gasteiger partial charge in [-0.3, -0.25) is 4.79 Å². The van der Waals surface area contributed by atoms with Crippen molar-refractivity contribution in [3.05, 3.63) is 41.2 Å². The molecule has 0 heterocycles. The van der Waals surface area contributed by atoms with Gasteiger partial charge in [-0.1, -0.05) is 0 Å². The second kappa shape index (κ2) is 6.71. The highest BCUT2D eigenvalue weighted by atomic mass is 19.4. The van der Waals surface area contributed by atoms with Gasteiger partial charge in [0.05, 0.1) is 11.2 Å². The van der Waals surface area contributed by atoms with Crippen molar-refractivity contribution in [2.75, 3.05) is 5.32 Å². The highest BCUT2D eigenvalue weighted by molar-refractivity contribution is 6.06. The van der Waals surface area contributed by atoms with Crippen LogP contribution < -0.4 is 5.32 Å². The van der Waals surface area contributed by atoms with Crippen molar-refractivity contribution >= 4 is 11.6 Å². The van der Waals surface area contributed by atoms with E-state index in [-0.39, 0.29) is 12.1 Å². The number of hydrogen-bond acceptors (Lipinski definition) is 4. The summed E-state index contributed by atoms with van der Waals surface area (Å²) in [5.41, 5.74) is -2.80. The second-order valence-electron chi connectivity index (χ2n) is 5.45. The fraction of sp³-hybridized carbons (Fsp3) is 0.333. The molecule has 0 aliphatic carbocycles. The van der Waals surface area contributed by atoms with Gasteiger partial charge >= 0.3 is 6.18 Å². The summed E-state index contributed by atoms with van der Waals surface area (Å²) in [7, 11) is 0. The van der Waals surface area contributed by atoms with Crippen molar-refractivity contribution in [3.63, 3.8) is 0 Å². The summed E-state index contributed by atoms with van der Waals surface area (Å²) in [5.74, 6) is -1.58. The number of halogens is 3. The van der Waals surface area contributed by atoms with Crippen molar-refractivity contribution in [1.82, 2.24) is 0 Å². The van der Waals surface area contributed by atoms with Crippen LogP contribution in [0.1, 0.15) is 25.8 Å². The molecular formula is C15H15F3N2O3. The van der Waals surface area contributed by atoms with Crippen LogP contribution >= 0.6 is 0 Å². The van der Waals surface area contributed by atoms with Gasteiger partial charge in [-0.25, -0.2) is 0 Å². The monoisotopic (exact) mass is 328 g/mol. The lowest BCUT2D eigenvalue weighted by Gasteiger charge is -2.16. The molecule has 1 amide bonds. The molecule has 0 aromatic heterocycles. The average Bonchev–Trinajstić information content (AvgIpc) is 2.36. The smallest absolute Gasteiger partial charge is 0.416 e. The summed E-state index contributed by atoms with van der Waals surface area (Å²) in [6.45, 7) is 2.76. The third kappa shape index (κ3) is 5.64. The molecule has 8 heteroatoms. The number of aliphatic hydroxyl groups is 2. The average molecular weight is 328 g/mol. The molecule has 124 valence electrons. The normalized spacial score (nSPS) is 13.1. The van der Waals surface area contributed by atoms with E-state index in [2.05, 4.69) is 5.32 Å². The Morgan fingerprint density at radius 3 is 2.17 bits per heavy atom. The molecule has 0 unspecified atom stereocenters. The summed E-state index contributed by atoms with van der Waals surface area (Å²) in [4.78, 5) is 11.9. The largest absolute Gasteiger partial charge is 0.511 e. The predicted octanol–water partition coefficient (Wildman–Crippen LogP) is 3.14. The summed E-state index contributed by atoms with van der Waals surface area (Å²) in [5, 5.41) is 30.4. The van der Waals surface area contributed by atoms with Crippen molar-refractivity contribution in [2.45, 2.75) is 32.0 Å². The second-order valence-corrected chi connectivity index (χ2v) is 5.45. The zero-order chi connectivity index (χ0) is 17.8. The molecule has 0 atom stereocenters. The molecule has 0 bridgehead atoms. The molecule has 0 saturated carbocycles. The molecule has 1 aromatic rings. The predicted molar refractivity (Wildman–Crippen MR) is 76.3 cm³/mol. The highest BCUT2D eigenvalue weighted by Crippen LogP contribution is 2.30. The number of carbonyl (C=O) groups excluding carboxylic acids is 1. The number of nitrogens with zero attached hydrogens (tertiary/aromatic N) is 1. The molecule has 0 aliphatic rings. The number of carbonyl (C=O) groups is 1. The molecule has 23 heavy (non-hydrogen) atoms. The first-order chi connectivity index (χ1) is 10.4. The van der Waals surface area contributed by atoms with Gasteiger partial charge in [0.2, 0.25) is 0 Å². The van der Waals surface area contributed by atoms with Crippen LogP contribution in [-0.4, -0.2) is 21.7 Å². The fourth-order valence-corrected chi connectivity index (χ4v) is 1.68. The Morgan fingerprint density at radius 2 is 1.78 bits per heavy atom. The topological polar surface area (TPSA) is 93.3 Å². The zero-order valence-corrected chi connectivity index (χ0v) is 12.4. The summed E-state index contributed by atoms with van der Waals surface area (Å²) >= 11 is 0. The lowest BCUT2D eigenvalue weighted by molar-refractivity contribution is -0.137. The van der Waals surface area contributed by atoms with Gasteiger partial charge in [0, 0.05) is 12.1 Å². The number of amides is 1. The van der Waals surface area contributed by atoms with Crippen molar-refractivity contribution in [1.29, 1.82) is 5.26 Å². The van der Waals surface area contributed by atoms with E-state index < -0.39 is 34.6 Å². The van der Waals surface area contributed by atoms with E-state index in [1.807, 2.05) is 0 Å². The summed E-state index contributed by atoms with van der Waals surface area (Å²) in [6, 6.07) is 5.13. The van der Waals surface area contributed by atoms with Crippen LogP contribution in [0.4, 0.5) is 18.9 Å². The summed E-state index contributed by atoms with van der Waals surface area (Å²) < 4.78 is 37.3. The van der Waals surface area contributed by atoms with E-state index in [1.54, 1.807) is 0 Å². The Morgan fingerprint density at radius 1 is 1.26 bits per heavy atom. The zero-order valence-electron chi connectivity index (χ0n) is 12.4. The van der Waals surface area contributed by atoms with E-state index in [0.717, 1.165) is 24.3 Å². The minimum Gasteiger partial charge on any atom is -0.511 e. The third-order valence-corrected chi connectivity index (χ3v) is 2.70. The molecular weight excluding hydrogens is 313 g/mol. The fourth-order valence-electron chi connectivity index (χ4n) is 1.68. The van der Waals surface area contributed by atoms with E-state index >= 15 is 0 Å². The molecule has 1 aromatic carbocycles. The molecule has 0 saturated heterocycles. The number of benzene rings is 1. The SMILES string of the molecule is CC(C)(O)C/C(O)=C(\C#N)C(=O)Nc1ccc(C(F)(F)F)cc1. The maximum absolute atomic E-state index is 12.4. The number of anilines is 1. The first-order valence-corrected chi connectivity index (χ1v) is 6.47. The molecule has 0 spiro atoms. The van der Waals surface area contributed by atoms with Gasteiger partial charge in [0.1, 0.15) is 11.8 Å². The van der Waals surface area contributed by atoms with Crippen LogP contribution in [0.5, 0.6) is 0 Å². The van der Waals surface area contributed by atoms with Gasteiger partial charge in [0.15, 0.2) is 5.57 Å². The van der Waals surface area contributed by atoms with Gasteiger partial charge in [-0.15, -0.1) is 0 Å². The van der Waals surface area contributed by atoms with Crippen LogP contribution in [0.25, 0.3) is 0 Å². The number of nitriles is 1. The van der Waals surface area contributed by atoms with Gasteiger partial charge in [-0.2, -0.15) is 18.4 Å². The molecule has 3 N–H and O–H groups in total. The lowest BCUT2D eigenvalue weighted by atomic mass is 10.0. The molecule has 5 nitrogen and oxygen atoms in total. The van der Waals surface area contributed by atoms with Gasteiger partial charge in [-0.05, 0) is 38.1 Å². The molecule has 0 fully saturated rings. The Kier molecular flexibility index (Phi) is 5.40. The maximum atomic E-state index is 12.4. The number of rotatable bonds is 4. The van der Waals surface area contributed by atoms with E-state index in [4.69, 9.17) is 5.26 Å². The van der Waals surface area contributed by atoms with Crippen molar-refractivity contribution < 1.29 is 28.2 Å². The van der Waals surface area contributed by atoms with Crippen LogP contribution in [0.3, 0.4) is 0 Å². The Hall–Kier alpha value is -2.53. The first kappa shape index (κ1) is 18.5. The van der Waals surface area contributed by atoms with Gasteiger partial charge < -0.3 is 15.5 Å². The number of alkyl halides is 3. The number of nitrogens with one attached hydrogen (secondary N) is 1. The van der Waals surface area contributed by atoms with Crippen LogP contribution in [0.2, 0.25) is 0 Å². The molecule has 0 aliphatic heterocycles. The van der Waals surface area contributed by atoms with Crippen LogP contribution in [0, 0.1) is 11.3 Å². The number of hydrogen-bond donors (Lipinski definition) is 3. The maximum Gasteiger partial charge on any atom is 0.416 e. The summed E-state index contributed by atoms with van der Waals surface area (Å²) in [6.07, 6.45) is -4.82. The van der Waals surface area contributed by atoms with Gasteiger partial charge in [0.25, 0.3) is 5.91 Å². The van der Waals surface area contributed by atoms with Crippen molar-refractivity contribution in [2.24, 2.45) is 0 Å². The van der Waals surface area contributed by atoms with Crippen molar-refractivity contribution in [3.8, 4) is 6.07 Å². The Labute approximate surface area is 130 Å². The molecule has 0 radical (unpaired) electrons. The van der Waals surface area contributed by atoms with Crippen LogP contribution in [-0.2, 0) is 11.0 Å². The van der Waals surface area contributed by atoms with E-state index in [1.165, 1.54) is 19.9 Å². The third-order valence-electron chi connectivity index (χ3n) is 2.70. The highest BCUT2D eigenvalue weighted by Gasteiger charge is 2.30. The Bertz CT molecular complexity index is 651.